The zero-order valence-electron chi connectivity index (χ0n) is 18.3. The Labute approximate surface area is 191 Å². The lowest BCUT2D eigenvalue weighted by atomic mass is 9.95. The van der Waals surface area contributed by atoms with Gasteiger partial charge in [0.1, 0.15) is 6.04 Å². The Hall–Kier alpha value is -3.52. The Morgan fingerprint density at radius 1 is 1.00 bits per heavy atom. The third-order valence-corrected chi connectivity index (χ3v) is 6.68. The highest BCUT2D eigenvalue weighted by Crippen LogP contribution is 2.34. The number of nitrogens with zero attached hydrogens (tertiary/aromatic N) is 2. The predicted molar refractivity (Wildman–Crippen MR) is 122 cm³/mol. The zero-order chi connectivity index (χ0) is 23.1. The molecule has 0 spiro atoms. The van der Waals surface area contributed by atoms with Crippen LogP contribution in [0, 0.1) is 0 Å². The molecule has 3 aliphatic rings. The molecule has 3 heterocycles. The number of hydrogen-bond donors (Lipinski definition) is 2. The van der Waals surface area contributed by atoms with Crippen molar-refractivity contribution in [3.05, 3.63) is 64.2 Å². The zero-order valence-corrected chi connectivity index (χ0v) is 18.3. The lowest BCUT2D eigenvalue weighted by molar-refractivity contribution is -0.136. The number of imide groups is 2. The fourth-order valence-corrected chi connectivity index (χ4v) is 5.18. The molecule has 1 atom stereocenters. The molecule has 1 saturated heterocycles. The van der Waals surface area contributed by atoms with Crippen molar-refractivity contribution in [2.24, 2.45) is 5.73 Å². The summed E-state index contributed by atoms with van der Waals surface area (Å²) < 4.78 is 0. The van der Waals surface area contributed by atoms with Crippen molar-refractivity contribution in [1.82, 2.24) is 10.2 Å². The number of benzene rings is 2. The first-order valence-electron chi connectivity index (χ1n) is 11.4. The molecule has 2 aromatic rings. The quantitative estimate of drug-likeness (QED) is 0.674. The molecule has 0 aliphatic carbocycles. The Kier molecular flexibility index (Phi) is 5.46. The van der Waals surface area contributed by atoms with Crippen LogP contribution in [0.15, 0.2) is 36.4 Å². The summed E-state index contributed by atoms with van der Waals surface area (Å²) in [5.74, 6) is -1.94. The Morgan fingerprint density at radius 2 is 1.82 bits per heavy atom. The number of carbonyl (C=O) groups is 4. The summed E-state index contributed by atoms with van der Waals surface area (Å²) in [5, 5.41) is 2.23. The van der Waals surface area contributed by atoms with Crippen LogP contribution in [0.5, 0.6) is 0 Å². The number of fused-ring (bicyclic) bond motifs is 2. The molecule has 3 aliphatic heterocycles. The summed E-state index contributed by atoms with van der Waals surface area (Å²) in [6.45, 7) is 2.10. The van der Waals surface area contributed by atoms with E-state index in [-0.39, 0.29) is 18.7 Å². The summed E-state index contributed by atoms with van der Waals surface area (Å²) in [6, 6.07) is 10.7. The van der Waals surface area contributed by atoms with Crippen LogP contribution in [-0.2, 0) is 29.0 Å². The highest BCUT2D eigenvalue weighted by molar-refractivity contribution is 6.23. The van der Waals surface area contributed by atoms with Crippen molar-refractivity contribution >= 4 is 29.3 Å². The highest BCUT2D eigenvalue weighted by Gasteiger charge is 2.44. The predicted octanol–water partition coefficient (Wildman–Crippen LogP) is 1.54. The van der Waals surface area contributed by atoms with Gasteiger partial charge in [-0.15, -0.1) is 0 Å². The van der Waals surface area contributed by atoms with E-state index in [0.29, 0.717) is 24.2 Å². The molecule has 33 heavy (non-hydrogen) atoms. The smallest absolute Gasteiger partial charge is 0.262 e. The third-order valence-electron chi connectivity index (χ3n) is 6.68. The molecule has 8 heteroatoms. The molecule has 0 radical (unpaired) electrons. The molecule has 1 unspecified atom stereocenters. The van der Waals surface area contributed by atoms with Gasteiger partial charge in [-0.2, -0.15) is 0 Å². The number of amides is 4. The van der Waals surface area contributed by atoms with E-state index >= 15 is 0 Å². The number of piperidine rings is 1. The maximum atomic E-state index is 13.1. The van der Waals surface area contributed by atoms with Gasteiger partial charge in [-0.1, -0.05) is 24.3 Å². The number of hydrogen-bond acceptors (Lipinski definition) is 6. The van der Waals surface area contributed by atoms with Gasteiger partial charge < -0.3 is 10.6 Å². The Bertz CT molecular complexity index is 1170. The van der Waals surface area contributed by atoms with Crippen LogP contribution >= 0.6 is 0 Å². The van der Waals surface area contributed by atoms with Crippen molar-refractivity contribution < 1.29 is 19.2 Å². The maximum absolute atomic E-state index is 13.1. The van der Waals surface area contributed by atoms with Gasteiger partial charge in [-0.05, 0) is 61.1 Å². The number of nitrogens with one attached hydrogen (secondary N) is 1. The van der Waals surface area contributed by atoms with Gasteiger partial charge in [-0.3, -0.25) is 29.4 Å². The lowest BCUT2D eigenvalue weighted by Crippen LogP contribution is -2.54. The second-order valence-electron chi connectivity index (χ2n) is 8.82. The summed E-state index contributed by atoms with van der Waals surface area (Å²) >= 11 is 0. The van der Waals surface area contributed by atoms with Gasteiger partial charge in [0.25, 0.3) is 11.8 Å². The van der Waals surface area contributed by atoms with E-state index in [4.69, 9.17) is 5.73 Å². The van der Waals surface area contributed by atoms with Crippen LogP contribution in [-0.4, -0.2) is 47.7 Å². The molecular formula is C25H26N4O4. The van der Waals surface area contributed by atoms with E-state index in [2.05, 4.69) is 28.4 Å². The SMILES string of the molecule is NCCc1cccc2c1N(Cc1ccc3c(c1)C(=O)N(C1CCC(=O)NC1=O)C3=O)CCC2. The Morgan fingerprint density at radius 3 is 2.61 bits per heavy atom. The standard InChI is InChI=1S/C25H26N4O4/c26-11-10-17-4-1-3-16-5-2-12-28(22(16)17)14-15-6-7-18-19(13-15)25(33)29(24(18)32)20-8-9-21(30)27-23(20)31/h1,3-4,6-7,13,20H,2,5,8-12,14,26H2,(H,27,30,31). The molecule has 8 nitrogen and oxygen atoms in total. The molecule has 170 valence electrons. The van der Waals surface area contributed by atoms with E-state index in [1.807, 2.05) is 6.07 Å². The molecule has 4 amide bonds. The minimum absolute atomic E-state index is 0.106. The number of aryl methyl sites for hydroxylation is 1. The van der Waals surface area contributed by atoms with Crippen LogP contribution in [0.3, 0.4) is 0 Å². The average molecular weight is 447 g/mol. The normalized spacial score (nSPS) is 20.1. The largest absolute Gasteiger partial charge is 0.367 e. The van der Waals surface area contributed by atoms with Gasteiger partial charge in [0.15, 0.2) is 0 Å². The van der Waals surface area contributed by atoms with Crippen LogP contribution < -0.4 is 16.0 Å². The van der Waals surface area contributed by atoms with Crippen molar-refractivity contribution in [3.8, 4) is 0 Å². The maximum Gasteiger partial charge on any atom is 0.262 e. The highest BCUT2D eigenvalue weighted by atomic mass is 16.2. The fraction of sp³-hybridized carbons (Fsp3) is 0.360. The third kappa shape index (κ3) is 3.70. The molecule has 1 fully saturated rings. The number of carbonyl (C=O) groups excluding carboxylic acids is 4. The molecule has 0 aromatic heterocycles. The first-order valence-corrected chi connectivity index (χ1v) is 11.4. The van der Waals surface area contributed by atoms with Gasteiger partial charge in [0, 0.05) is 25.2 Å². The summed E-state index contributed by atoms with van der Waals surface area (Å²) in [5.41, 5.74) is 11.1. The van der Waals surface area contributed by atoms with Crippen molar-refractivity contribution in [1.29, 1.82) is 0 Å². The molecular weight excluding hydrogens is 420 g/mol. The van der Waals surface area contributed by atoms with E-state index < -0.39 is 23.8 Å². The van der Waals surface area contributed by atoms with Gasteiger partial charge in [0.05, 0.1) is 11.1 Å². The number of anilines is 1. The van der Waals surface area contributed by atoms with Crippen molar-refractivity contribution in [2.75, 3.05) is 18.0 Å². The van der Waals surface area contributed by atoms with Crippen LogP contribution in [0.4, 0.5) is 5.69 Å². The van der Waals surface area contributed by atoms with Gasteiger partial charge in [-0.25, -0.2) is 0 Å². The molecule has 2 aromatic carbocycles. The second-order valence-corrected chi connectivity index (χ2v) is 8.82. The molecule has 3 N–H and O–H groups in total. The van der Waals surface area contributed by atoms with Crippen molar-refractivity contribution in [3.63, 3.8) is 0 Å². The number of rotatable bonds is 5. The van der Waals surface area contributed by atoms with Crippen LogP contribution in [0.25, 0.3) is 0 Å². The summed E-state index contributed by atoms with van der Waals surface area (Å²) in [6.07, 6.45) is 3.14. The van der Waals surface area contributed by atoms with E-state index in [9.17, 15) is 19.2 Å². The monoisotopic (exact) mass is 446 g/mol. The number of para-hydroxylation sites is 1. The first kappa shape index (κ1) is 21.3. The Balaban J connectivity index is 1.42. The second kappa shape index (κ2) is 8.44. The molecule has 0 saturated carbocycles. The van der Waals surface area contributed by atoms with Gasteiger partial charge in [0.2, 0.25) is 11.8 Å². The van der Waals surface area contributed by atoms with E-state index in [1.54, 1.807) is 12.1 Å². The summed E-state index contributed by atoms with van der Waals surface area (Å²) in [4.78, 5) is 53.1. The van der Waals surface area contributed by atoms with E-state index in [0.717, 1.165) is 36.3 Å². The van der Waals surface area contributed by atoms with Crippen LogP contribution in [0.2, 0.25) is 0 Å². The topological polar surface area (TPSA) is 113 Å². The lowest BCUT2D eigenvalue weighted by Gasteiger charge is -2.33. The molecule has 5 rings (SSSR count). The van der Waals surface area contributed by atoms with Gasteiger partial charge >= 0.3 is 0 Å². The average Bonchev–Trinajstić information content (AvgIpc) is 3.04. The minimum atomic E-state index is -0.952. The minimum Gasteiger partial charge on any atom is -0.367 e. The molecule has 0 bridgehead atoms. The fourth-order valence-electron chi connectivity index (χ4n) is 5.18. The van der Waals surface area contributed by atoms with E-state index in [1.165, 1.54) is 16.8 Å². The summed E-state index contributed by atoms with van der Waals surface area (Å²) in [7, 11) is 0. The number of nitrogens with two attached hydrogens (primary N) is 1. The van der Waals surface area contributed by atoms with Crippen molar-refractivity contribution in [2.45, 2.75) is 44.7 Å². The first-order chi connectivity index (χ1) is 16.0. The van der Waals surface area contributed by atoms with Crippen LogP contribution in [0.1, 0.15) is 56.7 Å².